The molecule has 4 heteroatoms. The number of hydrogen-bond donors (Lipinski definition) is 2. The summed E-state index contributed by atoms with van der Waals surface area (Å²) in [6.07, 6.45) is 5.09. The molecule has 0 saturated carbocycles. The summed E-state index contributed by atoms with van der Waals surface area (Å²) in [5, 5.41) is 15.7. The molecule has 0 aromatic heterocycles. The highest BCUT2D eigenvalue weighted by Gasteiger charge is 2.14. The number of amides is 1. The van der Waals surface area contributed by atoms with Crippen molar-refractivity contribution in [1.29, 1.82) is 0 Å². The molecule has 0 spiro atoms. The van der Waals surface area contributed by atoms with Gasteiger partial charge in [0.05, 0.1) is 11.8 Å². The van der Waals surface area contributed by atoms with Crippen LogP contribution in [0.4, 0.5) is 0 Å². The Hall–Kier alpha value is -3.14. The number of carbonyl (C=O) groups is 1. The fourth-order valence-corrected chi connectivity index (χ4v) is 3.39. The first-order valence-corrected chi connectivity index (χ1v) is 8.38. The number of nitrogens with one attached hydrogen (secondary N) is 1. The third kappa shape index (κ3) is 2.98. The Bertz CT molecular complexity index is 992. The molecule has 2 N–H and O–H groups in total. The van der Waals surface area contributed by atoms with Gasteiger partial charge in [-0.2, -0.15) is 5.10 Å². The van der Waals surface area contributed by atoms with Crippen LogP contribution in [-0.2, 0) is 12.8 Å². The third-order valence-electron chi connectivity index (χ3n) is 4.64. The van der Waals surface area contributed by atoms with Crippen LogP contribution in [0.5, 0.6) is 5.75 Å². The van der Waals surface area contributed by atoms with Gasteiger partial charge in [0.2, 0.25) is 0 Å². The summed E-state index contributed by atoms with van der Waals surface area (Å²) in [7, 11) is 0. The molecule has 25 heavy (non-hydrogen) atoms. The standard InChI is InChI=1S/C21H18N2O2/c24-19-11-10-16-4-1-2-7-18(16)20(19)21(25)23-22-13-14-8-9-15-5-3-6-17(15)12-14/h1-2,4,7-13,24H,3,5-6H2,(H,23,25)/b22-13+. The molecule has 0 bridgehead atoms. The normalized spacial score (nSPS) is 13.3. The zero-order valence-electron chi connectivity index (χ0n) is 13.7. The summed E-state index contributed by atoms with van der Waals surface area (Å²) < 4.78 is 0. The highest BCUT2D eigenvalue weighted by molar-refractivity contribution is 6.09. The Morgan fingerprint density at radius 3 is 2.80 bits per heavy atom. The van der Waals surface area contributed by atoms with Gasteiger partial charge in [-0.05, 0) is 58.9 Å². The second kappa shape index (κ2) is 6.40. The van der Waals surface area contributed by atoms with Crippen LogP contribution in [0.15, 0.2) is 59.7 Å². The van der Waals surface area contributed by atoms with Gasteiger partial charge in [0, 0.05) is 0 Å². The Morgan fingerprint density at radius 1 is 1.04 bits per heavy atom. The van der Waals surface area contributed by atoms with Crippen LogP contribution in [0.3, 0.4) is 0 Å². The van der Waals surface area contributed by atoms with Crippen LogP contribution >= 0.6 is 0 Å². The first kappa shape index (κ1) is 15.4. The molecular formula is C21H18N2O2. The molecule has 0 heterocycles. The van der Waals surface area contributed by atoms with Gasteiger partial charge in [0.15, 0.2) is 0 Å². The fourth-order valence-electron chi connectivity index (χ4n) is 3.39. The van der Waals surface area contributed by atoms with E-state index in [1.54, 1.807) is 12.3 Å². The van der Waals surface area contributed by atoms with E-state index in [1.807, 2.05) is 30.3 Å². The molecule has 124 valence electrons. The molecule has 0 saturated heterocycles. The van der Waals surface area contributed by atoms with E-state index in [-0.39, 0.29) is 11.3 Å². The minimum Gasteiger partial charge on any atom is -0.507 e. The molecule has 3 aromatic carbocycles. The van der Waals surface area contributed by atoms with Crippen molar-refractivity contribution in [1.82, 2.24) is 5.43 Å². The molecular weight excluding hydrogens is 312 g/mol. The number of fused-ring (bicyclic) bond motifs is 2. The molecule has 1 aliphatic rings. The Balaban J connectivity index is 1.56. The molecule has 1 amide bonds. The SMILES string of the molecule is O=C(N/N=C/c1ccc2c(c1)CCC2)c1c(O)ccc2ccccc12. The van der Waals surface area contributed by atoms with Crippen molar-refractivity contribution in [3.8, 4) is 5.75 Å². The maximum atomic E-state index is 12.5. The van der Waals surface area contributed by atoms with Crippen LogP contribution in [0.25, 0.3) is 10.8 Å². The van der Waals surface area contributed by atoms with E-state index in [0.29, 0.717) is 5.39 Å². The average molecular weight is 330 g/mol. The third-order valence-corrected chi connectivity index (χ3v) is 4.64. The lowest BCUT2D eigenvalue weighted by Crippen LogP contribution is -2.18. The van der Waals surface area contributed by atoms with Crippen molar-refractivity contribution in [2.24, 2.45) is 5.10 Å². The van der Waals surface area contributed by atoms with E-state index in [2.05, 4.69) is 22.7 Å². The lowest BCUT2D eigenvalue weighted by atomic mass is 10.0. The Labute approximate surface area is 145 Å². The van der Waals surface area contributed by atoms with Crippen LogP contribution < -0.4 is 5.43 Å². The zero-order chi connectivity index (χ0) is 17.2. The highest BCUT2D eigenvalue weighted by atomic mass is 16.3. The summed E-state index contributed by atoms with van der Waals surface area (Å²) in [5.41, 5.74) is 6.49. The maximum Gasteiger partial charge on any atom is 0.275 e. The second-order valence-corrected chi connectivity index (χ2v) is 6.26. The monoisotopic (exact) mass is 330 g/mol. The number of carbonyl (C=O) groups excluding carboxylic acids is 1. The average Bonchev–Trinajstić information content (AvgIpc) is 3.09. The summed E-state index contributed by atoms with van der Waals surface area (Å²) in [6, 6.07) is 17.0. The summed E-state index contributed by atoms with van der Waals surface area (Å²) in [6.45, 7) is 0. The van der Waals surface area contributed by atoms with E-state index in [4.69, 9.17) is 0 Å². The number of phenolic OH excluding ortho intramolecular Hbond substituents is 1. The van der Waals surface area contributed by atoms with E-state index in [9.17, 15) is 9.90 Å². The Kier molecular flexibility index (Phi) is 3.94. The van der Waals surface area contributed by atoms with Crippen LogP contribution in [0, 0.1) is 0 Å². The quantitative estimate of drug-likeness (QED) is 0.567. The van der Waals surface area contributed by atoms with E-state index < -0.39 is 5.91 Å². The van der Waals surface area contributed by atoms with Crippen LogP contribution in [0.1, 0.15) is 33.5 Å². The predicted molar refractivity (Wildman–Crippen MR) is 99.1 cm³/mol. The van der Waals surface area contributed by atoms with E-state index in [1.165, 1.54) is 23.6 Å². The molecule has 0 atom stereocenters. The van der Waals surface area contributed by atoms with Gasteiger partial charge < -0.3 is 5.11 Å². The fraction of sp³-hybridized carbons (Fsp3) is 0.143. The molecule has 3 aromatic rings. The van der Waals surface area contributed by atoms with Crippen molar-refractivity contribution < 1.29 is 9.90 Å². The first-order chi connectivity index (χ1) is 12.2. The van der Waals surface area contributed by atoms with Crippen molar-refractivity contribution >= 4 is 22.9 Å². The summed E-state index contributed by atoms with van der Waals surface area (Å²) >= 11 is 0. The number of hydrogen-bond acceptors (Lipinski definition) is 3. The van der Waals surface area contributed by atoms with Gasteiger partial charge in [0.1, 0.15) is 5.75 Å². The smallest absolute Gasteiger partial charge is 0.275 e. The summed E-state index contributed by atoms with van der Waals surface area (Å²) in [5.74, 6) is -0.476. The van der Waals surface area contributed by atoms with Gasteiger partial charge in [-0.25, -0.2) is 5.43 Å². The van der Waals surface area contributed by atoms with Gasteiger partial charge in [-0.3, -0.25) is 4.79 Å². The first-order valence-electron chi connectivity index (χ1n) is 8.38. The van der Waals surface area contributed by atoms with Gasteiger partial charge in [-0.15, -0.1) is 0 Å². The van der Waals surface area contributed by atoms with Crippen molar-refractivity contribution in [2.75, 3.05) is 0 Å². The number of aryl methyl sites for hydroxylation is 2. The van der Waals surface area contributed by atoms with Gasteiger partial charge in [-0.1, -0.05) is 42.5 Å². The van der Waals surface area contributed by atoms with E-state index >= 15 is 0 Å². The summed E-state index contributed by atoms with van der Waals surface area (Å²) in [4.78, 5) is 12.5. The molecule has 0 fully saturated rings. The molecule has 4 rings (SSSR count). The highest BCUT2D eigenvalue weighted by Crippen LogP contribution is 2.27. The minimum absolute atomic E-state index is 0.0519. The maximum absolute atomic E-state index is 12.5. The largest absolute Gasteiger partial charge is 0.507 e. The molecule has 0 radical (unpaired) electrons. The lowest BCUT2D eigenvalue weighted by Gasteiger charge is -2.07. The molecule has 4 nitrogen and oxygen atoms in total. The number of benzene rings is 3. The van der Waals surface area contributed by atoms with Crippen molar-refractivity contribution in [3.63, 3.8) is 0 Å². The van der Waals surface area contributed by atoms with Crippen molar-refractivity contribution in [3.05, 3.63) is 76.9 Å². The number of rotatable bonds is 3. The van der Waals surface area contributed by atoms with Gasteiger partial charge in [0.25, 0.3) is 5.91 Å². The topological polar surface area (TPSA) is 61.7 Å². The second-order valence-electron chi connectivity index (χ2n) is 6.26. The minimum atomic E-state index is -0.424. The molecule has 0 aliphatic heterocycles. The number of aromatic hydroxyl groups is 1. The number of nitrogens with zero attached hydrogens (tertiary/aromatic N) is 1. The van der Waals surface area contributed by atoms with E-state index in [0.717, 1.165) is 23.8 Å². The van der Waals surface area contributed by atoms with Crippen molar-refractivity contribution in [2.45, 2.75) is 19.3 Å². The number of hydrazone groups is 1. The predicted octanol–water partition coefficient (Wildman–Crippen LogP) is 3.80. The molecule has 1 aliphatic carbocycles. The zero-order valence-corrected chi connectivity index (χ0v) is 13.7. The van der Waals surface area contributed by atoms with Crippen LogP contribution in [-0.4, -0.2) is 17.2 Å². The van der Waals surface area contributed by atoms with Crippen LogP contribution in [0.2, 0.25) is 0 Å². The lowest BCUT2D eigenvalue weighted by molar-refractivity contribution is 0.0954. The van der Waals surface area contributed by atoms with Gasteiger partial charge >= 0.3 is 0 Å². The number of phenols is 1. The molecule has 0 unspecified atom stereocenters. The Morgan fingerprint density at radius 2 is 1.88 bits per heavy atom.